The van der Waals surface area contributed by atoms with Crippen LogP contribution >= 0.6 is 15.9 Å². The number of phenols is 1. The standard InChI is InChI=1S/C10H12BrNO3/c11-8-3-2-7(6-9(8)14)10(15)12-4-1-5-13/h2-3,6,13-14H,1,4-5H2,(H,12,15). The van der Waals surface area contributed by atoms with E-state index in [0.717, 1.165) is 0 Å². The highest BCUT2D eigenvalue weighted by atomic mass is 79.9. The Labute approximate surface area is 96.1 Å². The number of hydrogen-bond donors (Lipinski definition) is 3. The van der Waals surface area contributed by atoms with Crippen molar-refractivity contribution in [3.05, 3.63) is 28.2 Å². The molecule has 15 heavy (non-hydrogen) atoms. The first-order chi connectivity index (χ1) is 7.15. The Bertz CT molecular complexity index is 355. The maximum atomic E-state index is 11.5. The van der Waals surface area contributed by atoms with E-state index in [4.69, 9.17) is 5.11 Å². The summed E-state index contributed by atoms with van der Waals surface area (Å²) in [7, 11) is 0. The van der Waals surface area contributed by atoms with Gasteiger partial charge in [-0.1, -0.05) is 0 Å². The highest BCUT2D eigenvalue weighted by Crippen LogP contribution is 2.24. The first-order valence-corrected chi connectivity index (χ1v) is 5.32. The average molecular weight is 274 g/mol. The van der Waals surface area contributed by atoms with Crippen molar-refractivity contribution in [3.63, 3.8) is 0 Å². The van der Waals surface area contributed by atoms with Gasteiger partial charge in [0.05, 0.1) is 4.47 Å². The van der Waals surface area contributed by atoms with E-state index in [1.165, 1.54) is 6.07 Å². The summed E-state index contributed by atoms with van der Waals surface area (Å²) < 4.78 is 0.550. The minimum atomic E-state index is -0.258. The van der Waals surface area contributed by atoms with Crippen LogP contribution < -0.4 is 5.32 Å². The molecule has 0 saturated carbocycles. The summed E-state index contributed by atoms with van der Waals surface area (Å²) in [6.07, 6.45) is 0.522. The van der Waals surface area contributed by atoms with Crippen LogP contribution in [-0.2, 0) is 0 Å². The lowest BCUT2D eigenvalue weighted by Crippen LogP contribution is -2.24. The molecular weight excluding hydrogens is 262 g/mol. The van der Waals surface area contributed by atoms with Gasteiger partial charge in [0, 0.05) is 18.7 Å². The second kappa shape index (κ2) is 5.72. The summed E-state index contributed by atoms with van der Waals surface area (Å²) in [5.74, 6) is -0.226. The van der Waals surface area contributed by atoms with Crippen molar-refractivity contribution in [2.45, 2.75) is 6.42 Å². The van der Waals surface area contributed by atoms with Gasteiger partial charge in [0.25, 0.3) is 5.91 Å². The van der Waals surface area contributed by atoms with Crippen LogP contribution in [0.3, 0.4) is 0 Å². The van der Waals surface area contributed by atoms with Crippen LogP contribution in [-0.4, -0.2) is 29.3 Å². The van der Waals surface area contributed by atoms with Gasteiger partial charge in [-0.25, -0.2) is 0 Å². The van der Waals surface area contributed by atoms with Crippen LogP contribution in [0.1, 0.15) is 16.8 Å². The molecule has 0 bridgehead atoms. The monoisotopic (exact) mass is 273 g/mol. The summed E-state index contributed by atoms with van der Waals surface area (Å²) in [5, 5.41) is 20.5. The minimum Gasteiger partial charge on any atom is -0.507 e. The van der Waals surface area contributed by atoms with E-state index in [-0.39, 0.29) is 18.3 Å². The normalized spacial score (nSPS) is 10.0. The van der Waals surface area contributed by atoms with Crippen LogP contribution in [0.2, 0.25) is 0 Å². The molecule has 0 spiro atoms. The van der Waals surface area contributed by atoms with Gasteiger partial charge in [0.2, 0.25) is 0 Å². The number of amides is 1. The molecule has 0 aromatic heterocycles. The Morgan fingerprint density at radius 3 is 2.80 bits per heavy atom. The first-order valence-electron chi connectivity index (χ1n) is 4.52. The molecule has 1 aromatic rings. The molecule has 0 heterocycles. The van der Waals surface area contributed by atoms with Gasteiger partial charge < -0.3 is 15.5 Å². The Kier molecular flexibility index (Phi) is 4.58. The third-order valence-electron chi connectivity index (χ3n) is 1.83. The van der Waals surface area contributed by atoms with Crippen LogP contribution in [0.25, 0.3) is 0 Å². The zero-order valence-corrected chi connectivity index (χ0v) is 9.62. The topological polar surface area (TPSA) is 69.6 Å². The van der Waals surface area contributed by atoms with Gasteiger partial charge in [-0.15, -0.1) is 0 Å². The van der Waals surface area contributed by atoms with Crippen LogP contribution in [0.15, 0.2) is 22.7 Å². The number of aromatic hydroxyl groups is 1. The molecule has 0 atom stereocenters. The largest absolute Gasteiger partial charge is 0.507 e. The number of carbonyl (C=O) groups is 1. The number of aliphatic hydroxyl groups excluding tert-OH is 1. The van der Waals surface area contributed by atoms with E-state index in [9.17, 15) is 9.90 Å². The molecule has 1 aromatic carbocycles. The van der Waals surface area contributed by atoms with Crippen molar-refractivity contribution >= 4 is 21.8 Å². The van der Waals surface area contributed by atoms with Gasteiger partial charge >= 0.3 is 0 Å². The average Bonchev–Trinajstić information content (AvgIpc) is 2.22. The number of nitrogens with one attached hydrogen (secondary N) is 1. The fraction of sp³-hybridized carbons (Fsp3) is 0.300. The molecule has 82 valence electrons. The molecule has 4 nitrogen and oxygen atoms in total. The highest BCUT2D eigenvalue weighted by molar-refractivity contribution is 9.10. The molecule has 0 saturated heterocycles. The maximum Gasteiger partial charge on any atom is 0.251 e. The number of rotatable bonds is 4. The SMILES string of the molecule is O=C(NCCCO)c1ccc(Br)c(O)c1. The zero-order chi connectivity index (χ0) is 11.3. The fourth-order valence-electron chi connectivity index (χ4n) is 1.04. The fourth-order valence-corrected chi connectivity index (χ4v) is 1.28. The summed E-state index contributed by atoms with van der Waals surface area (Å²) in [5.41, 5.74) is 0.397. The van der Waals surface area contributed by atoms with E-state index in [0.29, 0.717) is 23.0 Å². The number of hydrogen-bond acceptors (Lipinski definition) is 3. The molecular formula is C10H12BrNO3. The Morgan fingerprint density at radius 1 is 1.47 bits per heavy atom. The van der Waals surface area contributed by atoms with E-state index in [1.807, 2.05) is 0 Å². The Balaban J connectivity index is 2.62. The van der Waals surface area contributed by atoms with Gasteiger partial charge in [0.1, 0.15) is 5.75 Å². The second-order valence-electron chi connectivity index (χ2n) is 3.00. The van der Waals surface area contributed by atoms with Crippen LogP contribution in [0, 0.1) is 0 Å². The van der Waals surface area contributed by atoms with Crippen LogP contribution in [0.4, 0.5) is 0 Å². The van der Waals surface area contributed by atoms with E-state index < -0.39 is 0 Å². The predicted molar refractivity (Wildman–Crippen MR) is 59.8 cm³/mol. The molecule has 1 amide bonds. The Hall–Kier alpha value is -1.07. The van der Waals surface area contributed by atoms with Gasteiger partial charge in [0.15, 0.2) is 0 Å². The molecule has 0 radical (unpaired) electrons. The van der Waals surface area contributed by atoms with E-state index in [2.05, 4.69) is 21.2 Å². The third-order valence-corrected chi connectivity index (χ3v) is 2.50. The van der Waals surface area contributed by atoms with Crippen LogP contribution in [0.5, 0.6) is 5.75 Å². The lowest BCUT2D eigenvalue weighted by molar-refractivity contribution is 0.0950. The molecule has 3 N–H and O–H groups in total. The van der Waals surface area contributed by atoms with Crippen molar-refractivity contribution in [1.82, 2.24) is 5.32 Å². The number of aliphatic hydroxyl groups is 1. The minimum absolute atomic E-state index is 0.0322. The van der Waals surface area contributed by atoms with E-state index in [1.54, 1.807) is 12.1 Å². The highest BCUT2D eigenvalue weighted by Gasteiger charge is 2.06. The Morgan fingerprint density at radius 2 is 2.20 bits per heavy atom. The van der Waals surface area contributed by atoms with Gasteiger partial charge in [-0.2, -0.15) is 0 Å². The predicted octanol–water partition coefficient (Wildman–Crippen LogP) is 1.27. The van der Waals surface area contributed by atoms with Crippen molar-refractivity contribution in [2.24, 2.45) is 0 Å². The molecule has 0 aliphatic carbocycles. The second-order valence-corrected chi connectivity index (χ2v) is 3.85. The summed E-state index contributed by atoms with van der Waals surface area (Å²) in [4.78, 5) is 11.5. The summed E-state index contributed by atoms with van der Waals surface area (Å²) in [6, 6.07) is 4.60. The van der Waals surface area contributed by atoms with Gasteiger partial charge in [-0.3, -0.25) is 4.79 Å². The molecule has 5 heteroatoms. The smallest absolute Gasteiger partial charge is 0.251 e. The number of halogens is 1. The molecule has 0 aliphatic rings. The first kappa shape index (κ1) is 12.0. The number of carbonyl (C=O) groups excluding carboxylic acids is 1. The quantitative estimate of drug-likeness (QED) is 0.724. The number of phenolic OH excluding ortho intramolecular Hbond substituents is 1. The lowest BCUT2D eigenvalue weighted by atomic mass is 10.2. The summed E-state index contributed by atoms with van der Waals surface area (Å²) in [6.45, 7) is 0.470. The van der Waals surface area contributed by atoms with Crippen molar-refractivity contribution in [1.29, 1.82) is 0 Å². The molecule has 0 aliphatic heterocycles. The number of benzene rings is 1. The molecule has 0 fully saturated rings. The van der Waals surface area contributed by atoms with Crippen molar-refractivity contribution in [2.75, 3.05) is 13.2 Å². The lowest BCUT2D eigenvalue weighted by Gasteiger charge is -2.05. The summed E-state index contributed by atoms with van der Waals surface area (Å²) >= 11 is 3.13. The van der Waals surface area contributed by atoms with Crippen molar-refractivity contribution in [3.8, 4) is 5.75 Å². The van der Waals surface area contributed by atoms with E-state index >= 15 is 0 Å². The molecule has 0 unspecified atom stereocenters. The third kappa shape index (κ3) is 3.53. The zero-order valence-electron chi connectivity index (χ0n) is 8.03. The van der Waals surface area contributed by atoms with Gasteiger partial charge in [-0.05, 0) is 40.5 Å². The van der Waals surface area contributed by atoms with Crippen molar-refractivity contribution < 1.29 is 15.0 Å². The molecule has 1 rings (SSSR count). The maximum absolute atomic E-state index is 11.5.